The largest absolute Gasteiger partial charge is 0.309 e. The first-order valence-corrected chi connectivity index (χ1v) is 21.2. The molecule has 0 aliphatic rings. The van der Waals surface area contributed by atoms with Crippen molar-refractivity contribution in [2.45, 2.75) is 41.5 Å². The van der Waals surface area contributed by atoms with Crippen LogP contribution < -0.4 is 9.80 Å². The van der Waals surface area contributed by atoms with Crippen LogP contribution in [0.5, 0.6) is 0 Å². The number of rotatable bonds is 10. The van der Waals surface area contributed by atoms with Gasteiger partial charge in [-0.1, -0.05) is 163 Å². The number of hydrogen-bond donors (Lipinski definition) is 0. The Morgan fingerprint density at radius 3 is 1.29 bits per heavy atom. The van der Waals surface area contributed by atoms with Crippen molar-refractivity contribution in [3.8, 4) is 45.0 Å². The van der Waals surface area contributed by atoms with Gasteiger partial charge in [-0.05, 0) is 117 Å². The molecule has 0 aliphatic carbocycles. The molecule has 8 aromatic carbocycles. The molecule has 0 unspecified atom stereocenters. The van der Waals surface area contributed by atoms with Crippen molar-refractivity contribution in [2.24, 2.45) is 0 Å². The quantitative estimate of drug-likeness (QED) is 0.138. The molecule has 0 atom stereocenters. The number of para-hydroxylation sites is 1. The van der Waals surface area contributed by atoms with E-state index in [1.165, 1.54) is 44.8 Å². The molecule has 0 radical (unpaired) electrons. The Balaban J connectivity index is 1.27. The number of nitrogens with zero attached hydrogens (tertiary/aromatic N) is 5. The number of aryl methyl sites for hydroxylation is 6. The number of anilines is 6. The lowest BCUT2D eigenvalue weighted by Crippen LogP contribution is -2.18. The van der Waals surface area contributed by atoms with Crippen LogP contribution in [0.2, 0.25) is 0 Å². The molecule has 1 heterocycles. The van der Waals surface area contributed by atoms with Crippen LogP contribution in [0.3, 0.4) is 0 Å². The van der Waals surface area contributed by atoms with Gasteiger partial charge >= 0.3 is 0 Å². The zero-order valence-electron chi connectivity index (χ0n) is 36.1. The highest BCUT2D eigenvalue weighted by atomic mass is 15.3. The molecule has 0 saturated carbocycles. The van der Waals surface area contributed by atoms with E-state index in [2.05, 4.69) is 215 Å². The topological polar surface area (TPSA) is 45.2 Å². The SMILES string of the molecule is Cc1cc(C)c(N(c2ccc(N(c3nc(-c4ccccc4)nc(-c4cccc(-c5ccccc5)c4)n3)c3ccccc3-c3ccccc3)cc2)c2c(C)cc(C)cc2C)c(C)c1. The molecule has 302 valence electrons. The Morgan fingerprint density at radius 2 is 0.742 bits per heavy atom. The molecule has 0 fully saturated rings. The lowest BCUT2D eigenvalue weighted by Gasteiger charge is -2.32. The smallest absolute Gasteiger partial charge is 0.238 e. The van der Waals surface area contributed by atoms with E-state index in [4.69, 9.17) is 15.0 Å². The van der Waals surface area contributed by atoms with Crippen LogP contribution in [0, 0.1) is 41.5 Å². The van der Waals surface area contributed by atoms with E-state index in [0.717, 1.165) is 50.4 Å². The number of hydrogen-bond acceptors (Lipinski definition) is 5. The second-order valence-corrected chi connectivity index (χ2v) is 16.2. The Labute approximate surface area is 365 Å². The average molecular weight is 804 g/mol. The summed E-state index contributed by atoms with van der Waals surface area (Å²) in [6, 6.07) is 66.1. The molecule has 0 spiro atoms. The summed E-state index contributed by atoms with van der Waals surface area (Å²) in [4.78, 5) is 20.4. The molecular weight excluding hydrogens is 755 g/mol. The summed E-state index contributed by atoms with van der Waals surface area (Å²) in [7, 11) is 0. The summed E-state index contributed by atoms with van der Waals surface area (Å²) in [5, 5.41) is 0. The van der Waals surface area contributed by atoms with Crippen LogP contribution in [0.15, 0.2) is 188 Å². The number of aromatic nitrogens is 3. The maximum absolute atomic E-state index is 5.36. The fraction of sp³-hybridized carbons (Fsp3) is 0.105. The van der Waals surface area contributed by atoms with Crippen molar-refractivity contribution >= 4 is 34.4 Å². The van der Waals surface area contributed by atoms with Gasteiger partial charge in [0.05, 0.1) is 17.1 Å². The molecule has 62 heavy (non-hydrogen) atoms. The minimum atomic E-state index is 0.516. The highest BCUT2D eigenvalue weighted by Crippen LogP contribution is 2.45. The highest BCUT2D eigenvalue weighted by molar-refractivity contribution is 5.89. The summed E-state index contributed by atoms with van der Waals surface area (Å²) in [6.45, 7) is 13.2. The third-order valence-electron chi connectivity index (χ3n) is 11.4. The molecule has 0 N–H and O–H groups in total. The minimum Gasteiger partial charge on any atom is -0.309 e. The molecule has 9 aromatic rings. The Morgan fingerprint density at radius 1 is 0.323 bits per heavy atom. The molecule has 0 bridgehead atoms. The summed E-state index contributed by atoms with van der Waals surface area (Å²) in [6.07, 6.45) is 0. The van der Waals surface area contributed by atoms with Gasteiger partial charge in [0, 0.05) is 28.1 Å². The van der Waals surface area contributed by atoms with Crippen LogP contribution in [0.4, 0.5) is 34.4 Å². The molecule has 9 rings (SSSR count). The Kier molecular flexibility index (Phi) is 11.0. The van der Waals surface area contributed by atoms with E-state index in [0.29, 0.717) is 17.6 Å². The summed E-state index contributed by atoms with van der Waals surface area (Å²) < 4.78 is 0. The molecule has 5 nitrogen and oxygen atoms in total. The standard InChI is InChI=1S/C57H49N5/c1-38-33-40(3)53(41(4)34-38)62(54-42(5)35-39(2)36-43(54)6)50-31-29-49(30-32-50)61(52-28-17-16-27-51(52)45-21-12-8-13-22-45)57-59-55(46-23-14-9-15-24-46)58-56(60-57)48-26-18-25-47(37-48)44-19-10-7-11-20-44/h7-37H,1-6H3. The summed E-state index contributed by atoms with van der Waals surface area (Å²) >= 11 is 0. The maximum Gasteiger partial charge on any atom is 0.238 e. The van der Waals surface area contributed by atoms with Gasteiger partial charge in [-0.3, -0.25) is 4.90 Å². The zero-order chi connectivity index (χ0) is 42.7. The summed E-state index contributed by atoms with van der Waals surface area (Å²) in [5.41, 5.74) is 18.9. The first-order valence-electron chi connectivity index (χ1n) is 21.2. The fourth-order valence-electron chi connectivity index (χ4n) is 8.84. The second kappa shape index (κ2) is 17.2. The van der Waals surface area contributed by atoms with E-state index in [-0.39, 0.29) is 0 Å². The Hall–Kier alpha value is -7.63. The van der Waals surface area contributed by atoms with Crippen molar-refractivity contribution < 1.29 is 0 Å². The molecular formula is C57H49N5. The van der Waals surface area contributed by atoms with Crippen LogP contribution in [-0.4, -0.2) is 15.0 Å². The van der Waals surface area contributed by atoms with Crippen LogP contribution in [0.1, 0.15) is 33.4 Å². The zero-order valence-corrected chi connectivity index (χ0v) is 36.1. The van der Waals surface area contributed by atoms with Gasteiger partial charge in [0.1, 0.15) is 0 Å². The van der Waals surface area contributed by atoms with Crippen LogP contribution in [-0.2, 0) is 0 Å². The van der Waals surface area contributed by atoms with Crippen LogP contribution in [0.25, 0.3) is 45.0 Å². The molecule has 1 aromatic heterocycles. The molecule has 0 amide bonds. The van der Waals surface area contributed by atoms with E-state index in [1.807, 2.05) is 24.3 Å². The third-order valence-corrected chi connectivity index (χ3v) is 11.4. The van der Waals surface area contributed by atoms with E-state index < -0.39 is 0 Å². The molecule has 0 aliphatic heterocycles. The first-order chi connectivity index (χ1) is 30.2. The van der Waals surface area contributed by atoms with Gasteiger partial charge in [-0.15, -0.1) is 0 Å². The Bertz CT molecular complexity index is 2910. The van der Waals surface area contributed by atoms with Crippen molar-refractivity contribution in [2.75, 3.05) is 9.80 Å². The van der Waals surface area contributed by atoms with Crippen molar-refractivity contribution in [3.63, 3.8) is 0 Å². The first kappa shape index (κ1) is 39.8. The van der Waals surface area contributed by atoms with Crippen LogP contribution >= 0.6 is 0 Å². The van der Waals surface area contributed by atoms with Gasteiger partial charge in [0.2, 0.25) is 5.95 Å². The maximum atomic E-state index is 5.36. The monoisotopic (exact) mass is 803 g/mol. The predicted molar refractivity (Wildman–Crippen MR) is 259 cm³/mol. The minimum absolute atomic E-state index is 0.516. The van der Waals surface area contributed by atoms with Gasteiger partial charge in [-0.2, -0.15) is 9.97 Å². The van der Waals surface area contributed by atoms with Crippen molar-refractivity contribution in [1.29, 1.82) is 0 Å². The van der Waals surface area contributed by atoms with E-state index in [1.54, 1.807) is 0 Å². The number of benzene rings is 8. The molecule has 5 heteroatoms. The van der Waals surface area contributed by atoms with Gasteiger partial charge in [0.25, 0.3) is 0 Å². The third kappa shape index (κ3) is 8.01. The summed E-state index contributed by atoms with van der Waals surface area (Å²) in [5.74, 6) is 1.70. The van der Waals surface area contributed by atoms with E-state index in [9.17, 15) is 0 Å². The second-order valence-electron chi connectivity index (χ2n) is 16.2. The lowest BCUT2D eigenvalue weighted by molar-refractivity contribution is 1.02. The van der Waals surface area contributed by atoms with Crippen molar-refractivity contribution in [3.05, 3.63) is 221 Å². The average Bonchev–Trinajstić information content (AvgIpc) is 3.29. The van der Waals surface area contributed by atoms with Gasteiger partial charge in [0.15, 0.2) is 11.6 Å². The normalized spacial score (nSPS) is 11.1. The van der Waals surface area contributed by atoms with Gasteiger partial charge < -0.3 is 4.90 Å². The lowest BCUT2D eigenvalue weighted by atomic mass is 9.98. The predicted octanol–water partition coefficient (Wildman–Crippen LogP) is 15.3. The fourth-order valence-corrected chi connectivity index (χ4v) is 8.84. The van der Waals surface area contributed by atoms with Gasteiger partial charge in [-0.25, -0.2) is 4.98 Å². The highest BCUT2D eigenvalue weighted by Gasteiger charge is 2.25. The van der Waals surface area contributed by atoms with E-state index >= 15 is 0 Å². The van der Waals surface area contributed by atoms with Crippen molar-refractivity contribution in [1.82, 2.24) is 15.0 Å². The molecule has 0 saturated heterocycles.